The Bertz CT molecular complexity index is 1130. The Morgan fingerprint density at radius 1 is 1.07 bits per heavy atom. The number of anilines is 1. The van der Waals surface area contributed by atoms with Gasteiger partial charge in [-0.05, 0) is 61.0 Å². The average Bonchev–Trinajstić information content (AvgIpc) is 2.73. The van der Waals surface area contributed by atoms with Crippen molar-refractivity contribution in [3.63, 3.8) is 0 Å². The van der Waals surface area contributed by atoms with Crippen molar-refractivity contribution in [2.24, 2.45) is 0 Å². The maximum Gasteiger partial charge on any atom is 0.264 e. The average molecular weight is 393 g/mol. The number of sulfonamides is 1. The number of nitriles is 1. The lowest BCUT2D eigenvalue weighted by Crippen LogP contribution is -2.26. The predicted molar refractivity (Wildman–Crippen MR) is 108 cm³/mol. The highest BCUT2D eigenvalue weighted by Crippen LogP contribution is 2.30. The molecule has 0 radical (unpaired) electrons. The third kappa shape index (κ3) is 3.68. The molecule has 1 heterocycles. The molecule has 7 heteroatoms. The highest BCUT2D eigenvalue weighted by molar-refractivity contribution is 7.92. The molecule has 0 saturated heterocycles. The van der Waals surface area contributed by atoms with E-state index in [4.69, 9.17) is 10.00 Å². The Balaban J connectivity index is 1.99. The number of nitrogens with zero attached hydrogens (tertiary/aromatic N) is 3. The van der Waals surface area contributed by atoms with Gasteiger partial charge in [-0.15, -0.1) is 0 Å². The molecule has 0 spiro atoms. The van der Waals surface area contributed by atoms with E-state index in [1.165, 1.54) is 36.8 Å². The molecule has 2 aromatic carbocycles. The first-order chi connectivity index (χ1) is 13.4. The van der Waals surface area contributed by atoms with Gasteiger partial charge in [0.25, 0.3) is 10.0 Å². The molecule has 142 valence electrons. The molecule has 3 rings (SSSR count). The molecular weight excluding hydrogens is 374 g/mol. The maximum atomic E-state index is 13.0. The maximum absolute atomic E-state index is 13.0. The van der Waals surface area contributed by atoms with Crippen LogP contribution in [-0.4, -0.2) is 27.6 Å². The van der Waals surface area contributed by atoms with Crippen molar-refractivity contribution in [1.29, 1.82) is 5.26 Å². The lowest BCUT2D eigenvalue weighted by atomic mass is 10.0. The van der Waals surface area contributed by atoms with Crippen molar-refractivity contribution in [1.82, 2.24) is 4.98 Å². The fraction of sp³-hybridized carbons (Fsp3) is 0.143. The molecule has 0 atom stereocenters. The largest absolute Gasteiger partial charge is 0.497 e. The van der Waals surface area contributed by atoms with E-state index in [9.17, 15) is 8.42 Å². The zero-order valence-electron chi connectivity index (χ0n) is 15.7. The third-order valence-corrected chi connectivity index (χ3v) is 6.27. The van der Waals surface area contributed by atoms with Crippen LogP contribution in [0.4, 0.5) is 5.69 Å². The number of pyridine rings is 1. The van der Waals surface area contributed by atoms with Crippen molar-refractivity contribution in [2.45, 2.75) is 11.8 Å². The standard InChI is InChI=1S/C21H19N3O3S/c1-15-4-6-17(12-20(15)21-11-5-16(13-22)14-23-21)24(2)28(25,26)19-9-7-18(27-3)8-10-19/h4-12,14H,1-3H3. The topological polar surface area (TPSA) is 83.3 Å². The van der Waals surface area contributed by atoms with Crippen LogP contribution in [0.15, 0.2) is 65.7 Å². The molecule has 0 aliphatic carbocycles. The van der Waals surface area contributed by atoms with E-state index in [2.05, 4.69) is 4.98 Å². The van der Waals surface area contributed by atoms with E-state index in [-0.39, 0.29) is 4.90 Å². The molecule has 0 fully saturated rings. The number of aromatic nitrogens is 1. The molecule has 0 aliphatic heterocycles. The summed E-state index contributed by atoms with van der Waals surface area (Å²) in [5, 5.41) is 8.93. The normalized spacial score (nSPS) is 10.9. The summed E-state index contributed by atoms with van der Waals surface area (Å²) >= 11 is 0. The molecule has 1 aromatic heterocycles. The second-order valence-electron chi connectivity index (χ2n) is 6.19. The number of methoxy groups -OCH3 is 1. The van der Waals surface area contributed by atoms with Crippen LogP contribution in [0.25, 0.3) is 11.3 Å². The van der Waals surface area contributed by atoms with Crippen LogP contribution in [-0.2, 0) is 10.0 Å². The summed E-state index contributed by atoms with van der Waals surface area (Å²) < 4.78 is 32.3. The van der Waals surface area contributed by atoms with Crippen molar-refractivity contribution >= 4 is 15.7 Å². The molecule has 0 N–H and O–H groups in total. The first-order valence-corrected chi connectivity index (χ1v) is 9.91. The number of aryl methyl sites for hydroxylation is 1. The number of hydrogen-bond donors (Lipinski definition) is 0. The summed E-state index contributed by atoms with van der Waals surface area (Å²) in [6.45, 7) is 1.93. The summed E-state index contributed by atoms with van der Waals surface area (Å²) in [4.78, 5) is 4.49. The Labute approximate surface area is 164 Å². The van der Waals surface area contributed by atoms with Gasteiger partial charge in [-0.3, -0.25) is 9.29 Å². The van der Waals surface area contributed by atoms with Gasteiger partial charge in [-0.2, -0.15) is 5.26 Å². The SMILES string of the molecule is COc1ccc(S(=O)(=O)N(C)c2ccc(C)c(-c3ccc(C#N)cn3)c2)cc1. The van der Waals surface area contributed by atoms with Crippen molar-refractivity contribution in [3.05, 3.63) is 71.9 Å². The quantitative estimate of drug-likeness (QED) is 0.659. The number of rotatable bonds is 5. The summed E-state index contributed by atoms with van der Waals surface area (Å²) in [5.74, 6) is 0.589. The smallest absolute Gasteiger partial charge is 0.264 e. The van der Waals surface area contributed by atoms with Gasteiger partial charge in [-0.1, -0.05) is 6.07 Å². The minimum atomic E-state index is -3.73. The van der Waals surface area contributed by atoms with E-state index < -0.39 is 10.0 Å². The Kier molecular flexibility index (Phi) is 5.34. The van der Waals surface area contributed by atoms with Crippen LogP contribution in [0, 0.1) is 18.3 Å². The first-order valence-electron chi connectivity index (χ1n) is 8.47. The molecular formula is C21H19N3O3S. The predicted octanol–water partition coefficient (Wildman–Crippen LogP) is 3.76. The zero-order chi connectivity index (χ0) is 20.3. The first kappa shape index (κ1) is 19.4. The Morgan fingerprint density at radius 3 is 2.36 bits per heavy atom. The second-order valence-corrected chi connectivity index (χ2v) is 8.16. The lowest BCUT2D eigenvalue weighted by molar-refractivity contribution is 0.414. The molecule has 0 bridgehead atoms. The Morgan fingerprint density at radius 2 is 1.79 bits per heavy atom. The summed E-state index contributed by atoms with van der Waals surface area (Å²) in [7, 11) is -0.683. The van der Waals surface area contributed by atoms with Gasteiger partial charge < -0.3 is 4.74 Å². The van der Waals surface area contributed by atoms with Crippen LogP contribution in [0.3, 0.4) is 0 Å². The minimum absolute atomic E-state index is 0.175. The fourth-order valence-corrected chi connectivity index (χ4v) is 3.93. The number of ether oxygens (including phenoxy) is 1. The van der Waals surface area contributed by atoms with Gasteiger partial charge in [0.1, 0.15) is 11.8 Å². The van der Waals surface area contributed by atoms with Crippen molar-refractivity contribution in [3.8, 4) is 23.1 Å². The van der Waals surface area contributed by atoms with E-state index in [1.807, 2.05) is 19.1 Å². The van der Waals surface area contributed by atoms with Crippen LogP contribution in [0.5, 0.6) is 5.75 Å². The van der Waals surface area contributed by atoms with E-state index in [0.717, 1.165) is 11.1 Å². The van der Waals surface area contributed by atoms with Crippen molar-refractivity contribution in [2.75, 3.05) is 18.5 Å². The van der Waals surface area contributed by atoms with Crippen LogP contribution >= 0.6 is 0 Å². The van der Waals surface area contributed by atoms with Crippen LogP contribution in [0.1, 0.15) is 11.1 Å². The van der Waals surface area contributed by atoms with Gasteiger partial charge in [0.2, 0.25) is 0 Å². The van der Waals surface area contributed by atoms with Gasteiger partial charge in [-0.25, -0.2) is 8.42 Å². The minimum Gasteiger partial charge on any atom is -0.497 e. The molecule has 6 nitrogen and oxygen atoms in total. The molecule has 0 aliphatic rings. The lowest BCUT2D eigenvalue weighted by Gasteiger charge is -2.21. The summed E-state index contributed by atoms with van der Waals surface area (Å²) in [6.07, 6.45) is 1.50. The number of hydrogen-bond acceptors (Lipinski definition) is 5. The molecule has 0 unspecified atom stereocenters. The number of benzene rings is 2. The van der Waals surface area contributed by atoms with E-state index >= 15 is 0 Å². The zero-order valence-corrected chi connectivity index (χ0v) is 16.6. The summed E-state index contributed by atoms with van der Waals surface area (Å²) in [5.41, 5.74) is 3.42. The molecule has 0 amide bonds. The third-order valence-electron chi connectivity index (χ3n) is 4.47. The fourth-order valence-electron chi connectivity index (χ4n) is 2.75. The molecule has 3 aromatic rings. The summed E-state index contributed by atoms with van der Waals surface area (Å²) in [6, 6.07) is 17.1. The van der Waals surface area contributed by atoms with Gasteiger partial charge in [0, 0.05) is 18.8 Å². The highest BCUT2D eigenvalue weighted by Gasteiger charge is 2.22. The van der Waals surface area contributed by atoms with Gasteiger partial charge in [0.05, 0.1) is 29.0 Å². The van der Waals surface area contributed by atoms with E-state index in [1.54, 1.807) is 36.4 Å². The van der Waals surface area contributed by atoms with Crippen LogP contribution < -0.4 is 9.04 Å². The molecule has 28 heavy (non-hydrogen) atoms. The van der Waals surface area contributed by atoms with Gasteiger partial charge in [0.15, 0.2) is 0 Å². The van der Waals surface area contributed by atoms with Crippen LogP contribution in [0.2, 0.25) is 0 Å². The van der Waals surface area contributed by atoms with Crippen molar-refractivity contribution < 1.29 is 13.2 Å². The van der Waals surface area contributed by atoms with E-state index in [0.29, 0.717) is 22.7 Å². The molecule has 0 saturated carbocycles. The Hall–Kier alpha value is -3.37. The monoisotopic (exact) mass is 393 g/mol. The highest BCUT2D eigenvalue weighted by atomic mass is 32.2. The van der Waals surface area contributed by atoms with Gasteiger partial charge >= 0.3 is 0 Å². The second kappa shape index (κ2) is 7.71.